The standard InChI is InChI=1S/C24H18F3N3O2/c25-16-11-19(26)22(20(27)12-16)17-8-9-32-21-7-6-15(10-18(17)21)23(31)30-24(28)29-13-14-4-2-1-3-5-14/h1-8,10-12H,9,13H2,(H3,28,29,30,31). The minimum absolute atomic E-state index is 0.0698. The Balaban J connectivity index is 1.60. The number of nitrogens with two attached hydrogens (primary N) is 1. The molecular weight excluding hydrogens is 419 g/mol. The molecule has 1 aliphatic rings. The minimum Gasteiger partial charge on any atom is -0.489 e. The molecule has 0 saturated heterocycles. The van der Waals surface area contributed by atoms with Gasteiger partial charge in [0.05, 0.1) is 5.56 Å². The lowest BCUT2D eigenvalue weighted by Crippen LogP contribution is -2.32. The topological polar surface area (TPSA) is 76.7 Å². The Morgan fingerprint density at radius 1 is 1.03 bits per heavy atom. The summed E-state index contributed by atoms with van der Waals surface area (Å²) >= 11 is 0. The Hall–Kier alpha value is -4.07. The second-order valence-corrected chi connectivity index (χ2v) is 7.03. The number of amides is 1. The van der Waals surface area contributed by atoms with Crippen molar-refractivity contribution >= 4 is 17.4 Å². The number of rotatable bonds is 4. The lowest BCUT2D eigenvalue weighted by atomic mass is 9.93. The molecule has 162 valence electrons. The van der Waals surface area contributed by atoms with Crippen LogP contribution in [0.5, 0.6) is 5.75 Å². The van der Waals surface area contributed by atoms with Crippen LogP contribution in [-0.2, 0) is 6.54 Å². The Labute approximate surface area is 182 Å². The molecule has 1 amide bonds. The number of nitrogens with zero attached hydrogens (tertiary/aromatic N) is 1. The van der Waals surface area contributed by atoms with E-state index in [0.29, 0.717) is 24.4 Å². The summed E-state index contributed by atoms with van der Waals surface area (Å²) in [7, 11) is 0. The fourth-order valence-electron chi connectivity index (χ4n) is 3.36. The zero-order chi connectivity index (χ0) is 22.7. The van der Waals surface area contributed by atoms with Gasteiger partial charge >= 0.3 is 0 Å². The maximum atomic E-state index is 14.4. The van der Waals surface area contributed by atoms with E-state index in [1.165, 1.54) is 24.3 Å². The summed E-state index contributed by atoms with van der Waals surface area (Å²) in [6, 6.07) is 15.0. The summed E-state index contributed by atoms with van der Waals surface area (Å²) in [6.07, 6.45) is 1.47. The number of hydrogen-bond donors (Lipinski definition) is 2. The number of fused-ring (bicyclic) bond motifs is 1. The molecule has 3 aromatic carbocycles. The average Bonchev–Trinajstić information content (AvgIpc) is 2.77. The zero-order valence-electron chi connectivity index (χ0n) is 16.7. The van der Waals surface area contributed by atoms with Crippen molar-refractivity contribution in [3.05, 3.63) is 106 Å². The highest BCUT2D eigenvalue weighted by Gasteiger charge is 2.23. The highest BCUT2D eigenvalue weighted by atomic mass is 19.1. The van der Waals surface area contributed by atoms with Gasteiger partial charge in [0.15, 0.2) is 5.96 Å². The van der Waals surface area contributed by atoms with E-state index in [2.05, 4.69) is 10.3 Å². The summed E-state index contributed by atoms with van der Waals surface area (Å²) in [6.45, 7) is 0.456. The van der Waals surface area contributed by atoms with Crippen LogP contribution in [0.25, 0.3) is 5.57 Å². The summed E-state index contributed by atoms with van der Waals surface area (Å²) in [5, 5.41) is 2.85. The third-order valence-electron chi connectivity index (χ3n) is 4.86. The number of aliphatic imine (C=N–C) groups is 1. The number of ether oxygens (including phenoxy) is 1. The summed E-state index contributed by atoms with van der Waals surface area (Å²) in [4.78, 5) is 16.5. The van der Waals surface area contributed by atoms with Crippen molar-refractivity contribution in [3.8, 4) is 5.75 Å². The Kier molecular flexibility index (Phi) is 5.93. The van der Waals surface area contributed by atoms with Gasteiger partial charge in [0, 0.05) is 29.8 Å². The molecule has 0 atom stereocenters. The van der Waals surface area contributed by atoms with E-state index >= 15 is 0 Å². The Morgan fingerprint density at radius 2 is 1.75 bits per heavy atom. The largest absolute Gasteiger partial charge is 0.489 e. The molecule has 4 rings (SSSR count). The molecule has 0 spiro atoms. The number of hydrogen-bond acceptors (Lipinski definition) is 2. The van der Waals surface area contributed by atoms with Crippen LogP contribution in [0.15, 0.2) is 71.7 Å². The lowest BCUT2D eigenvalue weighted by Gasteiger charge is -2.20. The highest BCUT2D eigenvalue weighted by Crippen LogP contribution is 2.37. The fourth-order valence-corrected chi connectivity index (χ4v) is 3.36. The molecule has 3 N–H and O–H groups in total. The maximum Gasteiger partial charge on any atom is 0.280 e. The van der Waals surface area contributed by atoms with E-state index in [1.54, 1.807) is 0 Å². The first-order chi connectivity index (χ1) is 15.4. The van der Waals surface area contributed by atoms with Crippen LogP contribution >= 0.6 is 0 Å². The predicted molar refractivity (Wildman–Crippen MR) is 115 cm³/mol. The van der Waals surface area contributed by atoms with E-state index < -0.39 is 28.9 Å². The van der Waals surface area contributed by atoms with E-state index in [4.69, 9.17) is 10.5 Å². The van der Waals surface area contributed by atoms with Crippen LogP contribution in [-0.4, -0.2) is 18.5 Å². The van der Waals surface area contributed by atoms with Crippen LogP contribution in [0.4, 0.5) is 13.2 Å². The second-order valence-electron chi connectivity index (χ2n) is 7.03. The molecule has 0 radical (unpaired) electrons. The van der Waals surface area contributed by atoms with E-state index in [9.17, 15) is 18.0 Å². The zero-order valence-corrected chi connectivity index (χ0v) is 16.7. The van der Waals surface area contributed by atoms with E-state index in [-0.39, 0.29) is 29.3 Å². The van der Waals surface area contributed by atoms with Crippen molar-refractivity contribution in [2.75, 3.05) is 6.61 Å². The van der Waals surface area contributed by atoms with Crippen LogP contribution < -0.4 is 15.8 Å². The van der Waals surface area contributed by atoms with Crippen molar-refractivity contribution in [2.24, 2.45) is 10.7 Å². The van der Waals surface area contributed by atoms with Crippen molar-refractivity contribution in [3.63, 3.8) is 0 Å². The first kappa shape index (κ1) is 21.2. The smallest absolute Gasteiger partial charge is 0.280 e. The first-order valence-corrected chi connectivity index (χ1v) is 9.71. The second kappa shape index (κ2) is 8.97. The summed E-state index contributed by atoms with van der Waals surface area (Å²) in [5.74, 6) is -3.50. The Morgan fingerprint density at radius 3 is 2.47 bits per heavy atom. The third kappa shape index (κ3) is 4.49. The molecule has 0 fully saturated rings. The van der Waals surface area contributed by atoms with Gasteiger partial charge < -0.3 is 15.8 Å². The van der Waals surface area contributed by atoms with Gasteiger partial charge in [-0.25, -0.2) is 13.2 Å². The predicted octanol–water partition coefficient (Wildman–Crippen LogP) is 4.17. The van der Waals surface area contributed by atoms with Gasteiger partial charge in [-0.1, -0.05) is 30.3 Å². The SMILES string of the molecule is N/C(=N\C(=O)c1ccc2c(c1)C(c1c(F)cc(F)cc1F)=CCO2)NCc1ccccc1. The molecule has 32 heavy (non-hydrogen) atoms. The van der Waals surface area contributed by atoms with Crippen LogP contribution in [0, 0.1) is 17.5 Å². The number of nitrogens with one attached hydrogen (secondary N) is 1. The highest BCUT2D eigenvalue weighted by molar-refractivity contribution is 6.03. The van der Waals surface area contributed by atoms with Crippen molar-refractivity contribution in [1.29, 1.82) is 0 Å². The molecule has 1 heterocycles. The quantitative estimate of drug-likeness (QED) is 0.475. The van der Waals surface area contributed by atoms with Crippen molar-refractivity contribution in [1.82, 2.24) is 5.32 Å². The molecule has 0 saturated carbocycles. The molecule has 5 nitrogen and oxygen atoms in total. The van der Waals surface area contributed by atoms with Crippen LogP contribution in [0.1, 0.15) is 27.0 Å². The molecule has 0 aromatic heterocycles. The van der Waals surface area contributed by atoms with Crippen molar-refractivity contribution < 1.29 is 22.7 Å². The maximum absolute atomic E-state index is 14.4. The molecule has 8 heteroatoms. The molecule has 3 aromatic rings. The van der Waals surface area contributed by atoms with Crippen LogP contribution in [0.3, 0.4) is 0 Å². The molecule has 0 bridgehead atoms. The molecule has 0 unspecified atom stereocenters. The monoisotopic (exact) mass is 437 g/mol. The minimum atomic E-state index is -1.05. The number of carbonyl (C=O) groups is 1. The van der Waals surface area contributed by atoms with E-state index in [0.717, 1.165) is 5.56 Å². The van der Waals surface area contributed by atoms with Gasteiger partial charge in [0.1, 0.15) is 29.8 Å². The van der Waals surface area contributed by atoms with Gasteiger partial charge in [-0.15, -0.1) is 0 Å². The molecule has 0 aliphatic carbocycles. The average molecular weight is 437 g/mol. The Bertz CT molecular complexity index is 1220. The normalized spacial score (nSPS) is 13.1. The van der Waals surface area contributed by atoms with E-state index in [1.807, 2.05) is 30.3 Å². The van der Waals surface area contributed by atoms with Crippen molar-refractivity contribution in [2.45, 2.75) is 6.54 Å². The number of guanidine groups is 1. The van der Waals surface area contributed by atoms with Gasteiger partial charge in [0.2, 0.25) is 0 Å². The first-order valence-electron chi connectivity index (χ1n) is 9.71. The number of benzene rings is 3. The van der Waals surface area contributed by atoms with Gasteiger partial charge in [-0.05, 0) is 35.4 Å². The molecule has 1 aliphatic heterocycles. The van der Waals surface area contributed by atoms with Crippen LogP contribution in [0.2, 0.25) is 0 Å². The van der Waals surface area contributed by atoms with Gasteiger partial charge in [-0.2, -0.15) is 4.99 Å². The van der Waals surface area contributed by atoms with Gasteiger partial charge in [0.25, 0.3) is 5.91 Å². The summed E-state index contributed by atoms with van der Waals surface area (Å²) in [5.41, 5.74) is 6.98. The molecular formula is C24H18F3N3O2. The number of carbonyl (C=O) groups excluding carboxylic acids is 1. The summed E-state index contributed by atoms with van der Waals surface area (Å²) < 4.78 is 47.6. The number of halogens is 3. The lowest BCUT2D eigenvalue weighted by molar-refractivity contribution is 0.100. The third-order valence-corrected chi connectivity index (χ3v) is 4.86. The van der Waals surface area contributed by atoms with Gasteiger partial charge in [-0.3, -0.25) is 4.79 Å². The fraction of sp³-hybridized carbons (Fsp3) is 0.0833.